The number of hydrogen-bond acceptors (Lipinski definition) is 4. The number of hydrogen-bond donors (Lipinski definition) is 1. The molecule has 0 bridgehead atoms. The first-order chi connectivity index (χ1) is 8.63. The molecule has 1 aromatic heterocycles. The number of H-pyrrole nitrogens is 1. The van der Waals surface area contributed by atoms with E-state index in [0.717, 1.165) is 6.20 Å². The Morgan fingerprint density at radius 2 is 2.11 bits per heavy atom. The minimum atomic E-state index is -0.730. The largest absolute Gasteiger partial charge is 0.355 e. The summed E-state index contributed by atoms with van der Waals surface area (Å²) in [6.45, 7) is 0. The van der Waals surface area contributed by atoms with E-state index in [4.69, 9.17) is 0 Å². The molecule has 0 aliphatic carbocycles. The molecule has 1 aromatic carbocycles. The summed E-state index contributed by atoms with van der Waals surface area (Å²) in [5.41, 5.74) is -0.0106. The van der Waals surface area contributed by atoms with E-state index >= 15 is 0 Å². The van der Waals surface area contributed by atoms with E-state index < -0.39 is 16.0 Å². The van der Waals surface area contributed by atoms with Crippen LogP contribution in [0.5, 0.6) is 0 Å². The number of fused-ring (bicyclic) bond motifs is 1. The van der Waals surface area contributed by atoms with Crippen LogP contribution in [-0.2, 0) is 4.79 Å². The molecule has 0 radical (unpaired) electrons. The van der Waals surface area contributed by atoms with Gasteiger partial charge < -0.3 is 4.98 Å². The number of aromatic amines is 1. The maximum absolute atomic E-state index is 11.8. The van der Waals surface area contributed by atoms with Crippen LogP contribution in [-0.4, -0.2) is 16.2 Å². The van der Waals surface area contributed by atoms with E-state index in [9.17, 15) is 19.7 Å². The summed E-state index contributed by atoms with van der Waals surface area (Å²) in [6, 6.07) is 4.83. The number of aldehydes is 1. The number of benzene rings is 1. The smallest absolute Gasteiger partial charge is 0.332 e. The fourth-order valence-corrected chi connectivity index (χ4v) is 1.61. The molecule has 6 nitrogen and oxygen atoms in total. The summed E-state index contributed by atoms with van der Waals surface area (Å²) < 4.78 is 0. The number of aromatic nitrogens is 1. The number of nitrogens with zero attached hydrogens (tertiary/aromatic N) is 1. The summed E-state index contributed by atoms with van der Waals surface area (Å²) in [7, 11) is 0. The van der Waals surface area contributed by atoms with Crippen molar-refractivity contribution in [2.45, 2.75) is 0 Å². The van der Waals surface area contributed by atoms with Crippen molar-refractivity contribution in [1.29, 1.82) is 0 Å². The predicted molar refractivity (Wildman–Crippen MR) is 66.3 cm³/mol. The molecule has 2 rings (SSSR count). The lowest BCUT2D eigenvalue weighted by molar-refractivity contribution is -0.386. The van der Waals surface area contributed by atoms with Crippen LogP contribution >= 0.6 is 0 Å². The number of nitro groups is 1. The van der Waals surface area contributed by atoms with E-state index in [1.165, 1.54) is 18.2 Å². The van der Waals surface area contributed by atoms with Gasteiger partial charge in [0.25, 0.3) is 5.43 Å². The van der Waals surface area contributed by atoms with Crippen LogP contribution < -0.4 is 5.43 Å². The second kappa shape index (κ2) is 4.62. The minimum Gasteiger partial charge on any atom is -0.355 e. The fraction of sp³-hybridized carbons (Fsp3) is 0. The van der Waals surface area contributed by atoms with E-state index in [-0.39, 0.29) is 5.39 Å². The second-order valence-corrected chi connectivity index (χ2v) is 3.56. The van der Waals surface area contributed by atoms with Crippen molar-refractivity contribution in [1.82, 2.24) is 4.98 Å². The Balaban J connectivity index is 2.70. The molecule has 2 aromatic rings. The molecule has 0 aliphatic heterocycles. The van der Waals surface area contributed by atoms with Gasteiger partial charge in [0.05, 0.1) is 16.5 Å². The Kier molecular flexibility index (Phi) is 3.01. The zero-order valence-corrected chi connectivity index (χ0v) is 9.12. The fourth-order valence-electron chi connectivity index (χ4n) is 1.61. The Hall–Kier alpha value is -2.76. The number of rotatable bonds is 3. The number of carbonyl (C=O) groups excluding carboxylic acids is 1. The molecule has 0 amide bonds. The SMILES string of the molecule is O=CC=Cc1ccc2[nH]cc([N+](=O)[O-])c(=O)c2c1. The van der Waals surface area contributed by atoms with Crippen molar-refractivity contribution in [3.05, 3.63) is 56.4 Å². The van der Waals surface area contributed by atoms with Gasteiger partial charge in [0.2, 0.25) is 0 Å². The van der Waals surface area contributed by atoms with Gasteiger partial charge in [-0.3, -0.25) is 19.7 Å². The molecule has 0 atom stereocenters. The predicted octanol–water partition coefficient (Wildman–Crippen LogP) is 1.65. The Labute approximate surface area is 101 Å². The van der Waals surface area contributed by atoms with Crippen molar-refractivity contribution in [2.24, 2.45) is 0 Å². The van der Waals surface area contributed by atoms with Crippen LogP contribution in [0.3, 0.4) is 0 Å². The monoisotopic (exact) mass is 244 g/mol. The van der Waals surface area contributed by atoms with Gasteiger partial charge in [0, 0.05) is 5.52 Å². The van der Waals surface area contributed by atoms with Crippen LogP contribution in [0.25, 0.3) is 17.0 Å². The van der Waals surface area contributed by atoms with Crippen molar-refractivity contribution in [2.75, 3.05) is 0 Å². The molecule has 1 heterocycles. The highest BCUT2D eigenvalue weighted by molar-refractivity contribution is 5.84. The molecule has 90 valence electrons. The van der Waals surface area contributed by atoms with Crippen molar-refractivity contribution < 1.29 is 9.72 Å². The molecule has 0 unspecified atom stereocenters. The highest BCUT2D eigenvalue weighted by atomic mass is 16.6. The van der Waals surface area contributed by atoms with Gasteiger partial charge >= 0.3 is 5.69 Å². The van der Waals surface area contributed by atoms with Crippen molar-refractivity contribution in [3.63, 3.8) is 0 Å². The molecule has 6 heteroatoms. The summed E-state index contributed by atoms with van der Waals surface area (Å²) in [6.07, 6.45) is 4.49. The lowest BCUT2D eigenvalue weighted by atomic mass is 10.1. The quantitative estimate of drug-likeness (QED) is 0.384. The molecule has 18 heavy (non-hydrogen) atoms. The highest BCUT2D eigenvalue weighted by Crippen LogP contribution is 2.14. The standard InChI is InChI=1S/C12H8N2O4/c15-5-1-2-8-3-4-10-9(6-8)12(16)11(7-13-10)14(17)18/h1-7H,(H,13,16). The van der Waals surface area contributed by atoms with Crippen molar-refractivity contribution in [3.8, 4) is 0 Å². The van der Waals surface area contributed by atoms with Gasteiger partial charge in [-0.2, -0.15) is 0 Å². The van der Waals surface area contributed by atoms with Gasteiger partial charge in [-0.1, -0.05) is 12.1 Å². The Morgan fingerprint density at radius 3 is 2.78 bits per heavy atom. The van der Waals surface area contributed by atoms with Gasteiger partial charge in [-0.25, -0.2) is 0 Å². The summed E-state index contributed by atoms with van der Waals surface area (Å²) in [5, 5.41) is 10.9. The summed E-state index contributed by atoms with van der Waals surface area (Å²) in [4.78, 5) is 34.7. The van der Waals surface area contributed by atoms with Crippen LogP contribution in [0.2, 0.25) is 0 Å². The lowest BCUT2D eigenvalue weighted by Crippen LogP contribution is -2.09. The molecule has 0 aliphatic rings. The maximum atomic E-state index is 11.8. The minimum absolute atomic E-state index is 0.220. The second-order valence-electron chi connectivity index (χ2n) is 3.56. The van der Waals surface area contributed by atoms with E-state index in [2.05, 4.69) is 4.98 Å². The van der Waals surface area contributed by atoms with E-state index in [1.807, 2.05) is 0 Å². The Morgan fingerprint density at radius 1 is 1.33 bits per heavy atom. The normalized spacial score (nSPS) is 10.9. The first-order valence-electron chi connectivity index (χ1n) is 5.05. The summed E-state index contributed by atoms with van der Waals surface area (Å²) in [5.74, 6) is 0. The molecular weight excluding hydrogens is 236 g/mol. The van der Waals surface area contributed by atoms with Crippen molar-refractivity contribution >= 4 is 29.0 Å². The van der Waals surface area contributed by atoms with Crippen LogP contribution in [0.1, 0.15) is 5.56 Å². The average Bonchev–Trinajstić information content (AvgIpc) is 2.36. The first kappa shape index (κ1) is 11.7. The molecule has 0 spiro atoms. The van der Waals surface area contributed by atoms with E-state index in [1.54, 1.807) is 12.1 Å². The zero-order valence-electron chi connectivity index (χ0n) is 9.12. The lowest BCUT2D eigenvalue weighted by Gasteiger charge is -1.99. The topological polar surface area (TPSA) is 93.1 Å². The van der Waals surface area contributed by atoms with Gasteiger partial charge in [0.1, 0.15) is 6.29 Å². The molecule has 1 N–H and O–H groups in total. The van der Waals surface area contributed by atoms with Gasteiger partial charge in [-0.05, 0) is 23.8 Å². The average molecular weight is 244 g/mol. The zero-order chi connectivity index (χ0) is 13.1. The maximum Gasteiger partial charge on any atom is 0.332 e. The third kappa shape index (κ3) is 2.03. The first-order valence-corrected chi connectivity index (χ1v) is 5.05. The van der Waals surface area contributed by atoms with Gasteiger partial charge in [-0.15, -0.1) is 0 Å². The third-order valence-corrected chi connectivity index (χ3v) is 2.45. The van der Waals surface area contributed by atoms with E-state index in [0.29, 0.717) is 17.4 Å². The molecular formula is C12H8N2O4. The highest BCUT2D eigenvalue weighted by Gasteiger charge is 2.14. The third-order valence-electron chi connectivity index (χ3n) is 2.45. The molecule has 0 fully saturated rings. The summed E-state index contributed by atoms with van der Waals surface area (Å²) >= 11 is 0. The number of pyridine rings is 1. The number of carbonyl (C=O) groups is 1. The number of allylic oxidation sites excluding steroid dienone is 1. The Bertz CT molecular complexity index is 716. The van der Waals surface area contributed by atoms with Crippen LogP contribution in [0.15, 0.2) is 35.3 Å². The molecule has 0 saturated carbocycles. The van der Waals surface area contributed by atoms with Crippen LogP contribution in [0.4, 0.5) is 5.69 Å². The van der Waals surface area contributed by atoms with Gasteiger partial charge in [0.15, 0.2) is 0 Å². The molecule has 0 saturated heterocycles. The number of nitrogens with one attached hydrogen (secondary N) is 1. The van der Waals surface area contributed by atoms with Crippen LogP contribution in [0, 0.1) is 10.1 Å².